The van der Waals surface area contributed by atoms with E-state index in [2.05, 4.69) is 0 Å². The van der Waals surface area contributed by atoms with Crippen LogP contribution in [0.3, 0.4) is 0 Å². The predicted octanol–water partition coefficient (Wildman–Crippen LogP) is 2.50. The summed E-state index contributed by atoms with van der Waals surface area (Å²) in [5, 5.41) is 0. The number of anilines is 1. The molecular weight excluding hydrogens is 316 g/mol. The highest BCUT2D eigenvalue weighted by molar-refractivity contribution is 5.94. The summed E-state index contributed by atoms with van der Waals surface area (Å²) in [5.74, 6) is 0.883. The summed E-state index contributed by atoms with van der Waals surface area (Å²) in [6.45, 7) is 1.55. The molecule has 0 N–H and O–H groups in total. The van der Waals surface area contributed by atoms with Crippen LogP contribution in [0.4, 0.5) is 5.69 Å². The molecule has 1 aliphatic rings. The fourth-order valence-corrected chi connectivity index (χ4v) is 2.98. The Morgan fingerprint density at radius 1 is 1.00 bits per heavy atom. The molecule has 2 amide bonds. The van der Waals surface area contributed by atoms with Crippen LogP contribution in [0.25, 0.3) is 0 Å². The van der Waals surface area contributed by atoms with Gasteiger partial charge in [-0.25, -0.2) is 0 Å². The van der Waals surface area contributed by atoms with Gasteiger partial charge in [0.2, 0.25) is 11.8 Å². The first-order chi connectivity index (χ1) is 12.2. The number of amides is 2. The van der Waals surface area contributed by atoms with Crippen LogP contribution in [-0.2, 0) is 16.0 Å². The third-order valence-corrected chi connectivity index (χ3v) is 4.43. The van der Waals surface area contributed by atoms with E-state index in [1.54, 1.807) is 16.9 Å². The molecule has 0 spiro atoms. The molecule has 1 saturated heterocycles. The Kier molecular flexibility index (Phi) is 5.33. The summed E-state index contributed by atoms with van der Waals surface area (Å²) in [7, 11) is 1.62. The van der Waals surface area contributed by atoms with Crippen LogP contribution in [-0.4, -0.2) is 43.5 Å². The zero-order chi connectivity index (χ0) is 17.6. The smallest absolute Gasteiger partial charge is 0.228 e. The maximum Gasteiger partial charge on any atom is 0.228 e. The van der Waals surface area contributed by atoms with E-state index < -0.39 is 0 Å². The molecule has 0 radical (unpaired) electrons. The van der Waals surface area contributed by atoms with Gasteiger partial charge in [-0.15, -0.1) is 0 Å². The topological polar surface area (TPSA) is 49.9 Å². The average molecular weight is 338 g/mol. The van der Waals surface area contributed by atoms with Crippen LogP contribution in [0.2, 0.25) is 0 Å². The van der Waals surface area contributed by atoms with Gasteiger partial charge in [-0.2, -0.15) is 0 Å². The Morgan fingerprint density at radius 3 is 2.40 bits per heavy atom. The second-order valence-electron chi connectivity index (χ2n) is 6.04. The van der Waals surface area contributed by atoms with E-state index in [9.17, 15) is 9.59 Å². The van der Waals surface area contributed by atoms with Gasteiger partial charge in [0.25, 0.3) is 0 Å². The van der Waals surface area contributed by atoms with Crippen molar-refractivity contribution in [2.75, 3.05) is 31.6 Å². The Labute approximate surface area is 147 Å². The molecule has 5 heteroatoms. The van der Waals surface area contributed by atoms with Gasteiger partial charge in [0, 0.05) is 31.7 Å². The summed E-state index contributed by atoms with van der Waals surface area (Å²) in [5.41, 5.74) is 1.83. The van der Waals surface area contributed by atoms with Gasteiger partial charge in [0.05, 0.1) is 13.5 Å². The minimum Gasteiger partial charge on any atom is -0.497 e. The molecule has 5 nitrogen and oxygen atoms in total. The Bertz CT molecular complexity index is 728. The highest BCUT2D eigenvalue weighted by Crippen LogP contribution is 2.18. The molecule has 0 aromatic heterocycles. The third-order valence-electron chi connectivity index (χ3n) is 4.43. The zero-order valence-electron chi connectivity index (χ0n) is 14.4. The van der Waals surface area contributed by atoms with Crippen LogP contribution in [0.1, 0.15) is 12.0 Å². The molecular formula is C20H22N2O3. The molecule has 130 valence electrons. The zero-order valence-corrected chi connectivity index (χ0v) is 14.4. The second kappa shape index (κ2) is 7.83. The van der Waals surface area contributed by atoms with Crippen molar-refractivity contribution in [2.24, 2.45) is 0 Å². The molecule has 2 aromatic rings. The standard InChI is InChI=1S/C20H22N2O3/c1-25-18-9-7-16(8-10-18)15-20(24)21-12-11-19(23)22(14-13-21)17-5-3-2-4-6-17/h2-10H,11-15H2,1H3. The van der Waals surface area contributed by atoms with Crippen molar-refractivity contribution < 1.29 is 14.3 Å². The normalized spacial score (nSPS) is 15.0. The molecule has 0 saturated carbocycles. The minimum atomic E-state index is 0.0490. The van der Waals surface area contributed by atoms with Gasteiger partial charge >= 0.3 is 0 Å². The number of nitrogens with zero attached hydrogens (tertiary/aromatic N) is 2. The summed E-state index contributed by atoms with van der Waals surface area (Å²) in [4.78, 5) is 28.5. The summed E-state index contributed by atoms with van der Waals surface area (Å²) in [6, 6.07) is 17.1. The maximum absolute atomic E-state index is 12.6. The van der Waals surface area contributed by atoms with E-state index in [1.807, 2.05) is 54.6 Å². The molecule has 25 heavy (non-hydrogen) atoms. The fourth-order valence-electron chi connectivity index (χ4n) is 2.98. The molecule has 0 unspecified atom stereocenters. The van der Waals surface area contributed by atoms with E-state index in [0.717, 1.165) is 17.0 Å². The largest absolute Gasteiger partial charge is 0.497 e. The molecule has 0 aliphatic carbocycles. The molecule has 1 heterocycles. The number of carbonyl (C=O) groups excluding carboxylic acids is 2. The van der Waals surface area contributed by atoms with Crippen molar-refractivity contribution in [1.29, 1.82) is 0 Å². The number of benzene rings is 2. The van der Waals surface area contributed by atoms with Gasteiger partial charge in [0.1, 0.15) is 5.75 Å². The SMILES string of the molecule is COc1ccc(CC(=O)N2CCC(=O)N(c3ccccc3)CC2)cc1. The third kappa shape index (κ3) is 4.18. The number of para-hydroxylation sites is 1. The molecule has 0 atom stereocenters. The number of carbonyl (C=O) groups is 2. The lowest BCUT2D eigenvalue weighted by atomic mass is 10.1. The lowest BCUT2D eigenvalue weighted by molar-refractivity contribution is -0.130. The van der Waals surface area contributed by atoms with Crippen molar-refractivity contribution in [3.63, 3.8) is 0 Å². The molecule has 0 bridgehead atoms. The number of hydrogen-bond donors (Lipinski definition) is 0. The minimum absolute atomic E-state index is 0.0490. The first-order valence-electron chi connectivity index (χ1n) is 8.43. The predicted molar refractivity (Wildman–Crippen MR) is 96.7 cm³/mol. The maximum atomic E-state index is 12.6. The quantitative estimate of drug-likeness (QED) is 0.861. The first kappa shape index (κ1) is 17.0. The number of ether oxygens (including phenoxy) is 1. The number of rotatable bonds is 4. The van der Waals surface area contributed by atoms with Crippen LogP contribution in [0.5, 0.6) is 5.75 Å². The van der Waals surface area contributed by atoms with Gasteiger partial charge in [0.15, 0.2) is 0 Å². The Morgan fingerprint density at radius 2 is 1.72 bits per heavy atom. The number of methoxy groups -OCH3 is 1. The van der Waals surface area contributed by atoms with Gasteiger partial charge < -0.3 is 14.5 Å². The first-order valence-corrected chi connectivity index (χ1v) is 8.43. The monoisotopic (exact) mass is 338 g/mol. The van der Waals surface area contributed by atoms with Crippen molar-refractivity contribution in [3.05, 3.63) is 60.2 Å². The van der Waals surface area contributed by atoms with Crippen LogP contribution < -0.4 is 9.64 Å². The van der Waals surface area contributed by atoms with E-state index in [-0.39, 0.29) is 11.8 Å². The molecule has 2 aromatic carbocycles. The Hall–Kier alpha value is -2.82. The molecule has 1 fully saturated rings. The summed E-state index contributed by atoms with van der Waals surface area (Å²) < 4.78 is 5.13. The lowest BCUT2D eigenvalue weighted by Gasteiger charge is -2.22. The molecule has 3 rings (SSSR count). The van der Waals surface area contributed by atoms with Gasteiger partial charge in [-0.3, -0.25) is 9.59 Å². The van der Waals surface area contributed by atoms with E-state index in [1.165, 1.54) is 0 Å². The van der Waals surface area contributed by atoms with E-state index in [4.69, 9.17) is 4.74 Å². The van der Waals surface area contributed by atoms with E-state index in [0.29, 0.717) is 32.5 Å². The highest BCUT2D eigenvalue weighted by Gasteiger charge is 2.24. The van der Waals surface area contributed by atoms with Crippen molar-refractivity contribution >= 4 is 17.5 Å². The van der Waals surface area contributed by atoms with Gasteiger partial charge in [-0.05, 0) is 29.8 Å². The average Bonchev–Trinajstić information content (AvgIpc) is 2.85. The van der Waals surface area contributed by atoms with Crippen molar-refractivity contribution in [2.45, 2.75) is 12.8 Å². The highest BCUT2D eigenvalue weighted by atomic mass is 16.5. The summed E-state index contributed by atoms with van der Waals surface area (Å²) >= 11 is 0. The fraction of sp³-hybridized carbons (Fsp3) is 0.300. The lowest BCUT2D eigenvalue weighted by Crippen LogP contribution is -2.36. The Balaban J connectivity index is 1.63. The van der Waals surface area contributed by atoms with Crippen molar-refractivity contribution in [1.82, 2.24) is 4.90 Å². The van der Waals surface area contributed by atoms with Crippen LogP contribution in [0.15, 0.2) is 54.6 Å². The number of hydrogen-bond acceptors (Lipinski definition) is 3. The van der Waals surface area contributed by atoms with E-state index >= 15 is 0 Å². The summed E-state index contributed by atoms with van der Waals surface area (Å²) in [6.07, 6.45) is 0.687. The van der Waals surface area contributed by atoms with Crippen molar-refractivity contribution in [3.8, 4) is 5.75 Å². The van der Waals surface area contributed by atoms with Crippen LogP contribution in [0, 0.1) is 0 Å². The molecule has 1 aliphatic heterocycles. The van der Waals surface area contributed by atoms with Gasteiger partial charge in [-0.1, -0.05) is 30.3 Å². The second-order valence-corrected chi connectivity index (χ2v) is 6.04. The van der Waals surface area contributed by atoms with Crippen LogP contribution >= 0.6 is 0 Å².